The fourth-order valence-corrected chi connectivity index (χ4v) is 5.88. The second kappa shape index (κ2) is 12.3. The van der Waals surface area contributed by atoms with Crippen molar-refractivity contribution in [3.05, 3.63) is 94.8 Å². The van der Waals surface area contributed by atoms with Crippen LogP contribution in [0.25, 0.3) is 22.0 Å². The van der Waals surface area contributed by atoms with Crippen molar-refractivity contribution in [2.24, 2.45) is 7.05 Å². The van der Waals surface area contributed by atoms with Gasteiger partial charge in [0, 0.05) is 60.4 Å². The molecule has 0 saturated heterocycles. The molecule has 0 fully saturated rings. The van der Waals surface area contributed by atoms with Gasteiger partial charge in [0.25, 0.3) is 5.91 Å². The number of amides is 2. The molecule has 0 radical (unpaired) electrons. The van der Waals surface area contributed by atoms with Crippen LogP contribution < -0.4 is 10.6 Å². The molecule has 47 heavy (non-hydrogen) atoms. The van der Waals surface area contributed by atoms with Crippen LogP contribution in [0.5, 0.6) is 0 Å². The first kappa shape index (κ1) is 31.4. The zero-order valence-electron chi connectivity index (χ0n) is 27.3. The van der Waals surface area contributed by atoms with Crippen molar-refractivity contribution in [3.8, 4) is 11.1 Å². The molecule has 1 aliphatic rings. The Bertz CT molecular complexity index is 2040. The van der Waals surface area contributed by atoms with Crippen LogP contribution >= 0.6 is 0 Å². The second-order valence-corrected chi connectivity index (χ2v) is 12.7. The smallest absolute Gasteiger partial charge is 0.410 e. The van der Waals surface area contributed by atoms with Crippen LogP contribution in [0.2, 0.25) is 0 Å². The van der Waals surface area contributed by atoms with Crippen LogP contribution in [0.4, 0.5) is 22.0 Å². The average Bonchev–Trinajstić information content (AvgIpc) is 3.38. The molecule has 1 aliphatic heterocycles. The second-order valence-electron chi connectivity index (χ2n) is 12.7. The van der Waals surface area contributed by atoms with Crippen LogP contribution in [-0.2, 0) is 24.8 Å². The van der Waals surface area contributed by atoms with Gasteiger partial charge < -0.3 is 24.8 Å². The minimum absolute atomic E-state index is 0.282. The number of fused-ring (bicyclic) bond motifs is 2. The number of nitrogens with zero attached hydrogens (tertiary/aromatic N) is 5. The number of benzene rings is 2. The number of hydrogen-bond donors (Lipinski definition) is 2. The molecule has 0 spiro atoms. The van der Waals surface area contributed by atoms with Gasteiger partial charge in [-0.15, -0.1) is 0 Å². The van der Waals surface area contributed by atoms with Gasteiger partial charge in [0.05, 0.1) is 12.2 Å². The van der Waals surface area contributed by atoms with E-state index in [1.807, 2.05) is 88.7 Å². The largest absolute Gasteiger partial charge is 0.444 e. The predicted molar refractivity (Wildman–Crippen MR) is 181 cm³/mol. The van der Waals surface area contributed by atoms with Crippen molar-refractivity contribution in [2.75, 3.05) is 17.2 Å². The van der Waals surface area contributed by atoms with Gasteiger partial charge in [-0.25, -0.2) is 14.8 Å². The third-order valence-corrected chi connectivity index (χ3v) is 8.33. The van der Waals surface area contributed by atoms with E-state index in [-0.39, 0.29) is 24.4 Å². The van der Waals surface area contributed by atoms with E-state index in [2.05, 4.69) is 25.6 Å². The lowest BCUT2D eigenvalue weighted by molar-refractivity contribution is 0.0220. The lowest BCUT2D eigenvalue weighted by atomic mass is 9.94. The standard InChI is InChI=1S/C36H37N7O4/c1-21-25(9-7-11-27(21)39-32-31-24(13-15-37-32)17-23(20-44)18-38-31)26-10-8-12-28(22(26)2)41-34(45)33-40-29-19-43(16-14-30(29)42(33)6)35(46)47-36(3,4)5/h7-13,15,17-18,20H,14,16,19H2,1-6H3,(H,37,39)(H,41,45). The zero-order chi connectivity index (χ0) is 33.5. The summed E-state index contributed by atoms with van der Waals surface area (Å²) in [6.07, 6.45) is 4.18. The van der Waals surface area contributed by atoms with Crippen molar-refractivity contribution in [2.45, 2.75) is 53.2 Å². The summed E-state index contributed by atoms with van der Waals surface area (Å²) in [6.45, 7) is 10.3. The summed E-state index contributed by atoms with van der Waals surface area (Å²) >= 11 is 0. The maximum absolute atomic E-state index is 13.6. The number of aldehydes is 1. The Morgan fingerprint density at radius 3 is 2.38 bits per heavy atom. The molecule has 240 valence electrons. The Morgan fingerprint density at radius 1 is 0.979 bits per heavy atom. The Hall–Kier alpha value is -5.58. The van der Waals surface area contributed by atoms with E-state index in [1.54, 1.807) is 17.2 Å². The fraction of sp³-hybridized carbons (Fsp3) is 0.278. The summed E-state index contributed by atoms with van der Waals surface area (Å²) in [4.78, 5) is 52.7. The first-order valence-corrected chi connectivity index (χ1v) is 15.4. The minimum Gasteiger partial charge on any atom is -0.444 e. The third-order valence-electron chi connectivity index (χ3n) is 8.33. The molecule has 11 nitrogen and oxygen atoms in total. The molecule has 3 aromatic heterocycles. The molecule has 0 atom stereocenters. The number of imidazole rings is 1. The molecule has 0 saturated carbocycles. The van der Waals surface area contributed by atoms with Gasteiger partial charge in [-0.05, 0) is 81.1 Å². The Kier molecular flexibility index (Phi) is 8.23. The van der Waals surface area contributed by atoms with Crippen LogP contribution in [0, 0.1) is 13.8 Å². The van der Waals surface area contributed by atoms with Gasteiger partial charge in [0.15, 0.2) is 17.9 Å². The van der Waals surface area contributed by atoms with Crippen LogP contribution in [-0.4, -0.2) is 54.9 Å². The molecule has 5 aromatic rings. The molecular formula is C36H37N7O4. The molecular weight excluding hydrogens is 594 g/mol. The van der Waals surface area contributed by atoms with Gasteiger partial charge in [0.2, 0.25) is 0 Å². The number of carbonyl (C=O) groups excluding carboxylic acids is 3. The van der Waals surface area contributed by atoms with E-state index in [4.69, 9.17) is 4.74 Å². The quantitative estimate of drug-likeness (QED) is 0.197. The minimum atomic E-state index is -0.593. The number of nitrogens with one attached hydrogen (secondary N) is 2. The van der Waals surface area contributed by atoms with Gasteiger partial charge >= 0.3 is 6.09 Å². The molecule has 0 bridgehead atoms. The van der Waals surface area contributed by atoms with Gasteiger partial charge in [0.1, 0.15) is 11.1 Å². The van der Waals surface area contributed by atoms with Crippen molar-refractivity contribution in [1.82, 2.24) is 24.4 Å². The van der Waals surface area contributed by atoms with Crippen LogP contribution in [0.3, 0.4) is 0 Å². The summed E-state index contributed by atoms with van der Waals surface area (Å²) in [6, 6.07) is 15.4. The van der Waals surface area contributed by atoms with E-state index in [1.165, 1.54) is 6.20 Å². The number of aromatic nitrogens is 4. The van der Waals surface area contributed by atoms with Crippen molar-refractivity contribution < 1.29 is 19.1 Å². The number of hydrogen-bond acceptors (Lipinski definition) is 8. The third kappa shape index (κ3) is 6.29. The van der Waals surface area contributed by atoms with E-state index in [0.717, 1.165) is 45.3 Å². The van der Waals surface area contributed by atoms with E-state index in [0.29, 0.717) is 41.2 Å². The number of rotatable bonds is 6. The number of pyridine rings is 2. The first-order valence-electron chi connectivity index (χ1n) is 15.4. The molecule has 0 aliphatic carbocycles. The first-order chi connectivity index (χ1) is 22.4. The summed E-state index contributed by atoms with van der Waals surface area (Å²) < 4.78 is 7.35. The highest BCUT2D eigenvalue weighted by atomic mass is 16.6. The lowest BCUT2D eigenvalue weighted by Gasteiger charge is -2.29. The maximum Gasteiger partial charge on any atom is 0.410 e. The Balaban J connectivity index is 1.24. The van der Waals surface area contributed by atoms with Crippen LogP contribution in [0.15, 0.2) is 60.9 Å². The molecule has 6 rings (SSSR count). The Morgan fingerprint density at radius 2 is 1.68 bits per heavy atom. The number of anilines is 3. The normalized spacial score (nSPS) is 12.9. The molecule has 2 aromatic carbocycles. The van der Waals surface area contributed by atoms with Gasteiger partial charge in [-0.1, -0.05) is 24.3 Å². The topological polar surface area (TPSA) is 131 Å². The highest BCUT2D eigenvalue weighted by molar-refractivity contribution is 6.03. The SMILES string of the molecule is Cc1c(NC(=O)c2nc3c(n2C)CCN(C(=O)OC(C)(C)C)C3)cccc1-c1cccc(Nc2nccc3cc(C=O)cnc23)c1C. The fourth-order valence-electron chi connectivity index (χ4n) is 5.88. The molecule has 0 unspecified atom stereocenters. The average molecular weight is 632 g/mol. The summed E-state index contributed by atoms with van der Waals surface area (Å²) in [5.74, 6) is 0.542. The maximum atomic E-state index is 13.6. The highest BCUT2D eigenvalue weighted by Crippen LogP contribution is 2.35. The summed E-state index contributed by atoms with van der Waals surface area (Å²) in [5, 5.41) is 7.31. The Labute approximate surface area is 273 Å². The van der Waals surface area contributed by atoms with Gasteiger partial charge in [-0.2, -0.15) is 0 Å². The summed E-state index contributed by atoms with van der Waals surface area (Å²) in [7, 11) is 1.83. The highest BCUT2D eigenvalue weighted by Gasteiger charge is 2.30. The zero-order valence-corrected chi connectivity index (χ0v) is 27.3. The van der Waals surface area contributed by atoms with Crippen molar-refractivity contribution in [3.63, 3.8) is 0 Å². The predicted octanol–water partition coefficient (Wildman–Crippen LogP) is 6.75. The van der Waals surface area contributed by atoms with Crippen molar-refractivity contribution >= 4 is 46.4 Å². The number of carbonyl (C=O) groups is 3. The summed E-state index contributed by atoms with van der Waals surface area (Å²) in [5.41, 5.74) is 7.59. The van der Waals surface area contributed by atoms with E-state index < -0.39 is 5.60 Å². The molecule has 2 amide bonds. The van der Waals surface area contributed by atoms with Crippen molar-refractivity contribution in [1.29, 1.82) is 0 Å². The lowest BCUT2D eigenvalue weighted by Crippen LogP contribution is -2.40. The van der Waals surface area contributed by atoms with E-state index >= 15 is 0 Å². The molecule has 4 heterocycles. The number of ether oxygens (including phenoxy) is 1. The van der Waals surface area contributed by atoms with Crippen LogP contribution in [0.1, 0.15) is 64.3 Å². The molecule has 11 heteroatoms. The van der Waals surface area contributed by atoms with E-state index in [9.17, 15) is 14.4 Å². The van der Waals surface area contributed by atoms with Gasteiger partial charge in [-0.3, -0.25) is 14.6 Å². The monoisotopic (exact) mass is 631 g/mol. The molecule has 2 N–H and O–H groups in total.